The number of aromatic nitrogens is 1. The Morgan fingerprint density at radius 3 is 1.76 bits per heavy atom. The van der Waals surface area contributed by atoms with Gasteiger partial charge >= 0.3 is 11.9 Å². The summed E-state index contributed by atoms with van der Waals surface area (Å²) in [4.78, 5) is 183. The van der Waals surface area contributed by atoms with Gasteiger partial charge in [0.1, 0.15) is 60.4 Å². The van der Waals surface area contributed by atoms with Crippen molar-refractivity contribution in [1.29, 1.82) is 0 Å². The monoisotopic (exact) mass is 1250 g/mol. The van der Waals surface area contributed by atoms with E-state index in [-0.39, 0.29) is 82.8 Å². The van der Waals surface area contributed by atoms with Gasteiger partial charge in [-0.3, -0.25) is 62.5 Å². The van der Waals surface area contributed by atoms with Crippen molar-refractivity contribution in [2.24, 2.45) is 51.4 Å². The van der Waals surface area contributed by atoms with Gasteiger partial charge in [0.15, 0.2) is 5.96 Å². The number of aromatic amines is 1. The second-order valence-corrected chi connectivity index (χ2v) is 23.0. The molecule has 3 rings (SSSR count). The maximum Gasteiger partial charge on any atom is 0.326 e. The molecular weight excluding hydrogens is 1160 g/mol. The lowest BCUT2D eigenvalue weighted by Crippen LogP contribution is -2.61. The Bertz CT molecular complexity index is 2860. The fraction of sp³-hybridized carbons (Fsp3) is 0.614. The third-order valence-corrected chi connectivity index (χ3v) is 14.7. The molecule has 1 aromatic heterocycles. The number of aliphatic hydroxyl groups is 1. The van der Waals surface area contributed by atoms with E-state index in [1.54, 1.807) is 72.0 Å². The number of hydrogen-bond acceptors (Lipinski definition) is 16. The minimum Gasteiger partial charge on any atom is -0.481 e. The SMILES string of the molecule is CC[C@H](C)[C@H](NC(=O)[C@H](CCCN=C(N)N)NC(=O)[C@H](CCC(=O)O)NC(=O)[C@H](CC(C)C)NC(=O)[C@H](CC(N)=O)NC(=O)[C@H](Cc1c[nH]c2ccccc12)NC(=O)[C@@H]1CCCN1C(=O)[C@H](CCC(N)=O)NC(=O)[C@@H](N)CO)C(=O)N[C@@H](CC(C)C)C(=O)O. The Morgan fingerprint density at radius 1 is 0.640 bits per heavy atom. The van der Waals surface area contributed by atoms with Gasteiger partial charge in [0, 0.05) is 49.5 Å². The number of rotatable bonds is 39. The van der Waals surface area contributed by atoms with Gasteiger partial charge in [0.05, 0.1) is 13.0 Å². The summed E-state index contributed by atoms with van der Waals surface area (Å²) in [5, 5.41) is 49.8. The molecule has 11 atom stereocenters. The number of H-pyrrole nitrogens is 1. The number of hydrogen-bond donors (Lipinski definition) is 17. The van der Waals surface area contributed by atoms with E-state index in [1.807, 2.05) is 0 Å². The lowest BCUT2D eigenvalue weighted by atomic mass is 9.96. The third kappa shape index (κ3) is 24.6. The van der Waals surface area contributed by atoms with Crippen LogP contribution in [0.2, 0.25) is 0 Å². The fourth-order valence-electron chi connectivity index (χ4n) is 9.83. The average Bonchev–Trinajstić information content (AvgIpc) is 2.42. The molecule has 0 unspecified atom stereocenters. The number of benzene rings is 1. The van der Waals surface area contributed by atoms with E-state index in [1.165, 1.54) is 0 Å². The molecular formula is C57H90N16O16. The van der Waals surface area contributed by atoms with E-state index < -0.39 is 175 Å². The highest BCUT2D eigenvalue weighted by atomic mass is 16.4. The normalized spacial score (nSPS) is 16.3. The average molecular weight is 1260 g/mol. The molecule has 2 aromatic rings. The van der Waals surface area contributed by atoms with Crippen molar-refractivity contribution in [3.8, 4) is 0 Å². The van der Waals surface area contributed by atoms with Gasteiger partial charge in [-0.1, -0.05) is 66.2 Å². The number of nitrogens with zero attached hydrogens (tertiary/aromatic N) is 2. The molecule has 0 saturated carbocycles. The summed E-state index contributed by atoms with van der Waals surface area (Å²) in [6.45, 7) is 9.45. The molecule has 0 aliphatic carbocycles. The molecule has 0 radical (unpaired) electrons. The van der Waals surface area contributed by atoms with Crippen LogP contribution in [-0.4, -0.2) is 188 Å². The summed E-state index contributed by atoms with van der Waals surface area (Å²) >= 11 is 0. The summed E-state index contributed by atoms with van der Waals surface area (Å²) in [5.41, 5.74) is 28.8. The number of carbonyl (C=O) groups is 13. The largest absolute Gasteiger partial charge is 0.481 e. The molecule has 0 bridgehead atoms. The molecule has 32 nitrogen and oxygen atoms in total. The number of aliphatic hydroxyl groups excluding tert-OH is 1. The van der Waals surface area contributed by atoms with Crippen LogP contribution < -0.4 is 71.2 Å². The van der Waals surface area contributed by atoms with Crippen molar-refractivity contribution in [2.75, 3.05) is 19.7 Å². The fourth-order valence-corrected chi connectivity index (χ4v) is 9.83. The molecule has 89 heavy (non-hydrogen) atoms. The number of carboxylic acids is 2. The van der Waals surface area contributed by atoms with E-state index in [2.05, 4.69) is 52.5 Å². The first-order chi connectivity index (χ1) is 41.9. The molecule has 1 aliphatic heterocycles. The molecule has 1 aromatic carbocycles. The first-order valence-corrected chi connectivity index (χ1v) is 29.6. The maximum absolute atomic E-state index is 14.6. The van der Waals surface area contributed by atoms with Gasteiger partial charge in [-0.25, -0.2) is 4.79 Å². The first-order valence-electron chi connectivity index (χ1n) is 29.6. The smallest absolute Gasteiger partial charge is 0.326 e. The quantitative estimate of drug-likeness (QED) is 0.0173. The number of nitrogens with one attached hydrogen (secondary N) is 9. The van der Waals surface area contributed by atoms with Crippen LogP contribution in [0.3, 0.4) is 0 Å². The standard InChI is InChI=1S/C57H90N16O16/c1-7-30(6)46(54(86)71-41(56(88)89)23-29(4)5)72-49(81)35(14-10-20-63-57(61)62)65-48(80)36(17-19-45(77)78)66-50(82)38(22-28(2)3)68-52(84)40(25-44(60)76)69-51(83)39(24-31-26-64-34-13-9-8-12-32(31)34)70-53(85)42-15-11-21-73(42)55(87)37(16-18-43(59)75)67-47(79)33(58)27-74/h8-9,12-13,26,28-30,33,35-42,46,64,74H,7,10-11,14-25,27,58H2,1-6H3,(H2,59,75)(H2,60,76)(H,65,80)(H,66,82)(H,67,79)(H,68,84)(H,69,83)(H,70,85)(H,71,86)(H,72,81)(H,77,78)(H,88,89)(H4,61,62,63)/t30-,33-,35-,36-,37-,38-,39-,40-,41-,42-,46-/m0/s1. The van der Waals surface area contributed by atoms with Gasteiger partial charge in [-0.15, -0.1) is 0 Å². The van der Waals surface area contributed by atoms with Gasteiger partial charge in [-0.2, -0.15) is 0 Å². The zero-order valence-corrected chi connectivity index (χ0v) is 51.1. The summed E-state index contributed by atoms with van der Waals surface area (Å²) in [6.07, 6.45) is -0.948. The minimum atomic E-state index is -1.84. The first kappa shape index (κ1) is 74.3. The van der Waals surface area contributed by atoms with Crippen molar-refractivity contribution >= 4 is 93.8 Å². The van der Waals surface area contributed by atoms with Crippen LogP contribution in [0.15, 0.2) is 35.5 Å². The van der Waals surface area contributed by atoms with Crippen LogP contribution >= 0.6 is 0 Å². The third-order valence-electron chi connectivity index (χ3n) is 14.7. The lowest BCUT2D eigenvalue weighted by Gasteiger charge is -2.30. The van der Waals surface area contributed by atoms with Crippen molar-refractivity contribution in [2.45, 2.75) is 185 Å². The van der Waals surface area contributed by atoms with Crippen LogP contribution in [0.4, 0.5) is 0 Å². The summed E-state index contributed by atoms with van der Waals surface area (Å²) < 4.78 is 0. The number of aliphatic carboxylic acids is 2. The van der Waals surface area contributed by atoms with Crippen molar-refractivity contribution < 1.29 is 77.6 Å². The van der Waals surface area contributed by atoms with Gasteiger partial charge in [0.2, 0.25) is 65.0 Å². The number of guanidine groups is 1. The zero-order valence-electron chi connectivity index (χ0n) is 51.1. The Kier molecular flexibility index (Phi) is 30.4. The van der Waals surface area contributed by atoms with E-state index in [0.717, 1.165) is 4.90 Å². The number of primary amides is 2. The predicted octanol–water partition coefficient (Wildman–Crippen LogP) is -3.82. The van der Waals surface area contributed by atoms with E-state index >= 15 is 0 Å². The topological polar surface area (TPSA) is 540 Å². The Morgan fingerprint density at radius 2 is 1.18 bits per heavy atom. The number of aliphatic imine (C=N–C) groups is 1. The molecule has 2 heterocycles. The van der Waals surface area contributed by atoms with E-state index in [4.69, 9.17) is 28.7 Å². The summed E-state index contributed by atoms with van der Waals surface area (Å²) in [6, 6.07) is -7.91. The Balaban J connectivity index is 1.99. The van der Waals surface area contributed by atoms with E-state index in [9.17, 15) is 77.6 Å². The number of carbonyl (C=O) groups excluding carboxylic acids is 11. The van der Waals surface area contributed by atoms with Crippen molar-refractivity contribution in [3.05, 3.63) is 36.0 Å². The second-order valence-electron chi connectivity index (χ2n) is 23.0. The molecule has 11 amide bonds. The van der Waals surface area contributed by atoms with Crippen LogP contribution in [0.5, 0.6) is 0 Å². The number of carboxylic acid groups (broad SMARTS) is 2. The van der Waals surface area contributed by atoms with Gasteiger partial charge < -0.3 is 96.4 Å². The second kappa shape index (κ2) is 36.4. The highest BCUT2D eigenvalue weighted by Gasteiger charge is 2.41. The van der Waals surface area contributed by atoms with Crippen LogP contribution in [0.25, 0.3) is 10.9 Å². The van der Waals surface area contributed by atoms with Crippen LogP contribution in [0.1, 0.15) is 124 Å². The highest BCUT2D eigenvalue weighted by molar-refractivity contribution is 6.00. The van der Waals surface area contributed by atoms with E-state index in [0.29, 0.717) is 22.9 Å². The zero-order chi connectivity index (χ0) is 66.8. The van der Waals surface area contributed by atoms with Crippen molar-refractivity contribution in [1.82, 2.24) is 52.4 Å². The number of fused-ring (bicyclic) bond motifs is 1. The predicted molar refractivity (Wildman–Crippen MR) is 322 cm³/mol. The van der Waals surface area contributed by atoms with Crippen molar-refractivity contribution in [3.63, 3.8) is 0 Å². The summed E-state index contributed by atoms with van der Waals surface area (Å²) in [5.74, 6) is -14.5. The molecule has 22 N–H and O–H groups in total. The molecule has 0 spiro atoms. The Hall–Kier alpha value is -8.94. The highest BCUT2D eigenvalue weighted by Crippen LogP contribution is 2.23. The molecule has 1 aliphatic rings. The lowest BCUT2D eigenvalue weighted by molar-refractivity contribution is -0.143. The molecule has 494 valence electrons. The molecule has 32 heteroatoms. The molecule has 1 fully saturated rings. The number of nitrogens with two attached hydrogens (primary N) is 5. The number of likely N-dealkylation sites (tertiary alicyclic amines) is 1. The van der Waals surface area contributed by atoms with Crippen LogP contribution in [-0.2, 0) is 68.7 Å². The molecule has 1 saturated heterocycles. The number of para-hydroxylation sites is 1. The maximum atomic E-state index is 14.6. The van der Waals surface area contributed by atoms with Gasteiger partial charge in [-0.05, 0) is 80.8 Å². The Labute approximate surface area is 514 Å². The van der Waals surface area contributed by atoms with Gasteiger partial charge in [0.25, 0.3) is 0 Å². The van der Waals surface area contributed by atoms with Crippen LogP contribution in [0, 0.1) is 17.8 Å². The number of amides is 11. The summed E-state index contributed by atoms with van der Waals surface area (Å²) in [7, 11) is 0. The minimum absolute atomic E-state index is 0.000189.